The van der Waals surface area contributed by atoms with Gasteiger partial charge in [-0.3, -0.25) is 4.79 Å². The highest BCUT2D eigenvalue weighted by Gasteiger charge is 2.28. The Labute approximate surface area is 143 Å². The smallest absolute Gasteiger partial charge is 0.342 e. The van der Waals surface area contributed by atoms with Crippen molar-refractivity contribution in [3.05, 3.63) is 41.5 Å². The Hall–Kier alpha value is -2.10. The van der Waals surface area contributed by atoms with Crippen molar-refractivity contribution in [1.82, 2.24) is 0 Å². The molecule has 0 heterocycles. The van der Waals surface area contributed by atoms with Gasteiger partial charge >= 0.3 is 5.97 Å². The lowest BCUT2D eigenvalue weighted by Gasteiger charge is -2.22. The van der Waals surface area contributed by atoms with Crippen LogP contribution in [0.5, 0.6) is 5.75 Å². The molecule has 0 aromatic heterocycles. The minimum atomic E-state index is -0.679. The molecule has 0 unspecified atom stereocenters. The topological polar surface area (TPSA) is 63.6 Å². The number of ketones is 1. The molecule has 1 aromatic rings. The second-order valence-corrected chi connectivity index (χ2v) is 7.33. The predicted octanol–water partition coefficient (Wildman–Crippen LogP) is 4.42. The van der Waals surface area contributed by atoms with Gasteiger partial charge in [0, 0.05) is 0 Å². The van der Waals surface area contributed by atoms with Gasteiger partial charge in [-0.1, -0.05) is 37.5 Å². The van der Waals surface area contributed by atoms with Crippen molar-refractivity contribution in [1.29, 1.82) is 0 Å². The molecule has 0 spiro atoms. The number of benzene rings is 1. The summed E-state index contributed by atoms with van der Waals surface area (Å²) in [6, 6.07) is 6.28. The van der Waals surface area contributed by atoms with Gasteiger partial charge in [-0.25, -0.2) is 4.79 Å². The van der Waals surface area contributed by atoms with Crippen LogP contribution in [0.1, 0.15) is 63.2 Å². The molecule has 0 bridgehead atoms. The maximum atomic E-state index is 12.8. The molecule has 2 rings (SSSR count). The van der Waals surface area contributed by atoms with Gasteiger partial charge < -0.3 is 9.84 Å². The zero-order chi connectivity index (χ0) is 17.7. The Morgan fingerprint density at radius 3 is 2.33 bits per heavy atom. The molecule has 0 aliphatic heterocycles. The van der Waals surface area contributed by atoms with E-state index < -0.39 is 17.4 Å². The van der Waals surface area contributed by atoms with Crippen LogP contribution in [0.15, 0.2) is 35.9 Å². The normalized spacial score (nSPS) is 16.7. The number of hydrogen-bond acceptors (Lipinski definition) is 4. The Morgan fingerprint density at radius 2 is 1.75 bits per heavy atom. The fourth-order valence-electron chi connectivity index (χ4n) is 2.92. The van der Waals surface area contributed by atoms with E-state index in [1.165, 1.54) is 18.6 Å². The van der Waals surface area contributed by atoms with Crippen molar-refractivity contribution in [2.24, 2.45) is 5.92 Å². The maximum absolute atomic E-state index is 12.8. The first-order valence-corrected chi connectivity index (χ1v) is 8.56. The summed E-state index contributed by atoms with van der Waals surface area (Å²) < 4.78 is 5.41. The minimum Gasteiger partial charge on any atom is -0.507 e. The first-order chi connectivity index (χ1) is 11.3. The number of phenolic OH excluding ortho intramolecular Hbond substituents is 1. The molecule has 1 aliphatic carbocycles. The van der Waals surface area contributed by atoms with Crippen molar-refractivity contribution in [2.45, 2.75) is 58.5 Å². The van der Waals surface area contributed by atoms with Crippen molar-refractivity contribution < 1.29 is 19.4 Å². The van der Waals surface area contributed by atoms with Crippen LogP contribution in [0, 0.1) is 5.92 Å². The lowest BCUT2D eigenvalue weighted by Crippen LogP contribution is -2.28. The number of carbonyl (C=O) groups excluding carboxylic acids is 2. The number of allylic oxidation sites excluding steroid dienone is 1. The van der Waals surface area contributed by atoms with Gasteiger partial charge in [-0.15, -0.1) is 0 Å². The monoisotopic (exact) mass is 330 g/mol. The third-order valence-electron chi connectivity index (χ3n) is 4.06. The summed E-state index contributed by atoms with van der Waals surface area (Å²) in [5.74, 6) is -1.02. The second-order valence-electron chi connectivity index (χ2n) is 7.33. The van der Waals surface area contributed by atoms with E-state index in [2.05, 4.69) is 0 Å². The summed E-state index contributed by atoms with van der Waals surface area (Å²) in [5.41, 5.74) is -0.523. The number of rotatable bonds is 4. The number of para-hydroxylation sites is 1. The van der Waals surface area contributed by atoms with E-state index in [1.807, 2.05) is 0 Å². The SMILES string of the molecule is CC(C)(C)OC(=O)/C(=C/C1CCCCC1)C(=O)c1ccccc1O. The lowest BCUT2D eigenvalue weighted by molar-refractivity contribution is -0.149. The number of aromatic hydroxyl groups is 1. The van der Waals surface area contributed by atoms with E-state index in [4.69, 9.17) is 4.74 Å². The summed E-state index contributed by atoms with van der Waals surface area (Å²) in [5, 5.41) is 9.95. The van der Waals surface area contributed by atoms with E-state index in [0.717, 1.165) is 25.7 Å². The van der Waals surface area contributed by atoms with Gasteiger partial charge in [0.2, 0.25) is 5.78 Å². The third-order valence-corrected chi connectivity index (χ3v) is 4.06. The summed E-state index contributed by atoms with van der Waals surface area (Å²) in [6.45, 7) is 5.31. The molecule has 1 saturated carbocycles. The zero-order valence-corrected chi connectivity index (χ0v) is 14.7. The van der Waals surface area contributed by atoms with Crippen LogP contribution in [-0.4, -0.2) is 22.5 Å². The van der Waals surface area contributed by atoms with Gasteiger partial charge in [0.15, 0.2) is 0 Å². The van der Waals surface area contributed by atoms with E-state index in [1.54, 1.807) is 39.0 Å². The molecule has 0 amide bonds. The number of hydrogen-bond donors (Lipinski definition) is 1. The molecule has 4 heteroatoms. The van der Waals surface area contributed by atoms with Gasteiger partial charge in [-0.2, -0.15) is 0 Å². The standard InChI is InChI=1S/C20H26O4/c1-20(2,3)24-19(23)16(13-14-9-5-4-6-10-14)18(22)15-11-7-8-12-17(15)21/h7-8,11-14,21H,4-6,9-10H2,1-3H3/b16-13+. The third kappa shape index (κ3) is 4.95. The van der Waals surface area contributed by atoms with Crippen LogP contribution in [-0.2, 0) is 9.53 Å². The number of ether oxygens (including phenoxy) is 1. The molecular weight excluding hydrogens is 304 g/mol. The first-order valence-electron chi connectivity index (χ1n) is 8.56. The van der Waals surface area contributed by atoms with Crippen LogP contribution in [0.4, 0.5) is 0 Å². The fourth-order valence-corrected chi connectivity index (χ4v) is 2.92. The summed E-state index contributed by atoms with van der Waals surface area (Å²) >= 11 is 0. The number of Topliss-reactive ketones (excluding diaryl/α,β-unsaturated/α-hetero) is 1. The molecule has 1 N–H and O–H groups in total. The van der Waals surface area contributed by atoms with Crippen molar-refractivity contribution >= 4 is 11.8 Å². The highest BCUT2D eigenvalue weighted by Crippen LogP contribution is 2.28. The second kappa shape index (κ2) is 7.65. The van der Waals surface area contributed by atoms with Gasteiger partial charge in [-0.05, 0) is 51.7 Å². The zero-order valence-electron chi connectivity index (χ0n) is 14.7. The largest absolute Gasteiger partial charge is 0.507 e. The van der Waals surface area contributed by atoms with E-state index in [-0.39, 0.29) is 22.8 Å². The number of carbonyl (C=O) groups is 2. The maximum Gasteiger partial charge on any atom is 0.342 e. The van der Waals surface area contributed by atoms with E-state index in [9.17, 15) is 14.7 Å². The molecule has 1 aromatic carbocycles. The van der Waals surface area contributed by atoms with Crippen LogP contribution in [0.2, 0.25) is 0 Å². The summed E-state index contributed by atoms with van der Waals surface area (Å²) in [6.07, 6.45) is 7.10. The molecule has 1 aliphatic rings. The van der Waals surface area contributed by atoms with Crippen molar-refractivity contribution in [2.75, 3.05) is 0 Å². The Balaban J connectivity index is 2.34. The Kier molecular flexibility index (Phi) is 5.81. The van der Waals surface area contributed by atoms with E-state index in [0.29, 0.717) is 0 Å². The fraction of sp³-hybridized carbons (Fsp3) is 0.500. The van der Waals surface area contributed by atoms with Crippen LogP contribution < -0.4 is 0 Å². The summed E-state index contributed by atoms with van der Waals surface area (Å²) in [4.78, 5) is 25.4. The highest BCUT2D eigenvalue weighted by molar-refractivity contribution is 6.25. The van der Waals surface area contributed by atoms with Crippen molar-refractivity contribution in [3.63, 3.8) is 0 Å². The van der Waals surface area contributed by atoms with Crippen LogP contribution in [0.25, 0.3) is 0 Å². The molecule has 0 saturated heterocycles. The lowest BCUT2D eigenvalue weighted by atomic mass is 9.86. The molecule has 0 atom stereocenters. The first kappa shape index (κ1) is 18.2. The minimum absolute atomic E-state index is 0.0262. The molecule has 130 valence electrons. The Bertz CT molecular complexity index is 631. The van der Waals surface area contributed by atoms with Gasteiger partial charge in [0.1, 0.15) is 16.9 Å². The van der Waals surface area contributed by atoms with Crippen LogP contribution in [0.3, 0.4) is 0 Å². The quantitative estimate of drug-likeness (QED) is 0.292. The molecule has 4 nitrogen and oxygen atoms in total. The van der Waals surface area contributed by atoms with Gasteiger partial charge in [0.25, 0.3) is 0 Å². The van der Waals surface area contributed by atoms with E-state index >= 15 is 0 Å². The van der Waals surface area contributed by atoms with Gasteiger partial charge in [0.05, 0.1) is 5.56 Å². The molecule has 0 radical (unpaired) electrons. The summed E-state index contributed by atoms with van der Waals surface area (Å²) in [7, 11) is 0. The van der Waals surface area contributed by atoms with Crippen LogP contribution >= 0.6 is 0 Å². The number of esters is 1. The number of phenols is 1. The average Bonchev–Trinajstić information content (AvgIpc) is 2.52. The Morgan fingerprint density at radius 1 is 1.12 bits per heavy atom. The highest BCUT2D eigenvalue weighted by atomic mass is 16.6. The average molecular weight is 330 g/mol. The van der Waals surface area contributed by atoms with Crippen molar-refractivity contribution in [3.8, 4) is 5.75 Å². The molecule has 1 fully saturated rings. The molecule has 24 heavy (non-hydrogen) atoms. The molecular formula is C20H26O4. The predicted molar refractivity (Wildman–Crippen MR) is 92.9 cm³/mol.